The summed E-state index contributed by atoms with van der Waals surface area (Å²) in [6.07, 6.45) is 3.32. The summed E-state index contributed by atoms with van der Waals surface area (Å²) in [6.45, 7) is 9.48. The van der Waals surface area contributed by atoms with E-state index in [2.05, 4.69) is 55.4 Å². The van der Waals surface area contributed by atoms with Crippen LogP contribution >= 0.6 is 0 Å². The fourth-order valence-corrected chi connectivity index (χ4v) is 4.60. The molecule has 1 unspecified atom stereocenters. The van der Waals surface area contributed by atoms with Crippen LogP contribution in [0.4, 0.5) is 0 Å². The fraction of sp³-hybridized carbons (Fsp3) is 0.423. The minimum atomic E-state index is 0.145. The second-order valence-electron chi connectivity index (χ2n) is 8.87. The Morgan fingerprint density at radius 2 is 1.97 bits per heavy atom. The highest BCUT2D eigenvalue weighted by molar-refractivity contribution is 5.79. The Labute approximate surface area is 184 Å². The fourth-order valence-electron chi connectivity index (χ4n) is 4.60. The van der Waals surface area contributed by atoms with Crippen LogP contribution in [0.2, 0.25) is 0 Å². The molecule has 4 rings (SSSR count). The molecule has 0 N–H and O–H groups in total. The summed E-state index contributed by atoms with van der Waals surface area (Å²) in [4.78, 5) is 19.8. The zero-order valence-corrected chi connectivity index (χ0v) is 18.9. The Balaban J connectivity index is 1.49. The molecule has 0 aliphatic carbocycles. The van der Waals surface area contributed by atoms with Gasteiger partial charge < -0.3 is 9.42 Å². The summed E-state index contributed by atoms with van der Waals surface area (Å²) in [5.74, 6) is 1.16. The molecule has 31 heavy (non-hydrogen) atoms. The van der Waals surface area contributed by atoms with Crippen LogP contribution in [-0.2, 0) is 17.6 Å². The Kier molecular flexibility index (Phi) is 6.21. The molecule has 1 aromatic carbocycles. The number of carbonyl (C=O) groups excluding carboxylic acids is 1. The maximum absolute atomic E-state index is 13.0. The molecule has 0 saturated carbocycles. The molecular formula is C26H31N3O2. The molecule has 0 bridgehead atoms. The first-order valence-electron chi connectivity index (χ1n) is 11.1. The van der Waals surface area contributed by atoms with Crippen LogP contribution in [0, 0.1) is 27.7 Å². The van der Waals surface area contributed by atoms with Crippen molar-refractivity contribution in [1.29, 1.82) is 0 Å². The summed E-state index contributed by atoms with van der Waals surface area (Å²) in [5, 5.41) is 3.98. The quantitative estimate of drug-likeness (QED) is 0.596. The van der Waals surface area contributed by atoms with E-state index in [1.54, 1.807) is 0 Å². The maximum Gasteiger partial charge on any atom is 0.227 e. The Bertz CT molecular complexity index is 1070. The van der Waals surface area contributed by atoms with Crippen LogP contribution in [0.15, 0.2) is 40.9 Å². The average Bonchev–Trinajstić information content (AvgIpc) is 3.05. The average molecular weight is 418 g/mol. The van der Waals surface area contributed by atoms with Crippen LogP contribution in [0.5, 0.6) is 0 Å². The molecule has 0 spiro atoms. The number of piperidine rings is 1. The van der Waals surface area contributed by atoms with Gasteiger partial charge in [-0.1, -0.05) is 35.0 Å². The molecule has 0 radical (unpaired) electrons. The Morgan fingerprint density at radius 3 is 2.71 bits per heavy atom. The van der Waals surface area contributed by atoms with Crippen molar-refractivity contribution >= 4 is 5.91 Å². The lowest BCUT2D eigenvalue weighted by Gasteiger charge is -2.33. The maximum atomic E-state index is 13.0. The van der Waals surface area contributed by atoms with Crippen molar-refractivity contribution in [2.45, 2.75) is 59.3 Å². The van der Waals surface area contributed by atoms with E-state index in [0.29, 0.717) is 6.42 Å². The number of amides is 1. The monoisotopic (exact) mass is 417 g/mol. The molecule has 5 nitrogen and oxygen atoms in total. The largest absolute Gasteiger partial charge is 0.361 e. The van der Waals surface area contributed by atoms with E-state index >= 15 is 0 Å². The second kappa shape index (κ2) is 9.04. The number of pyridine rings is 1. The summed E-state index contributed by atoms with van der Waals surface area (Å²) in [7, 11) is 0. The highest BCUT2D eigenvalue weighted by Gasteiger charge is 2.27. The van der Waals surface area contributed by atoms with Crippen LogP contribution in [0.1, 0.15) is 63.9 Å². The number of hydrogen-bond donors (Lipinski definition) is 0. The van der Waals surface area contributed by atoms with E-state index in [-0.39, 0.29) is 11.8 Å². The van der Waals surface area contributed by atoms with Gasteiger partial charge in [-0.2, -0.15) is 0 Å². The lowest BCUT2D eigenvalue weighted by molar-refractivity contribution is -0.131. The first-order valence-corrected chi connectivity index (χ1v) is 11.1. The van der Waals surface area contributed by atoms with Gasteiger partial charge in [0.1, 0.15) is 5.76 Å². The molecule has 5 heteroatoms. The number of carbonyl (C=O) groups is 1. The number of aromatic nitrogens is 2. The van der Waals surface area contributed by atoms with Gasteiger partial charge in [0.25, 0.3) is 0 Å². The summed E-state index contributed by atoms with van der Waals surface area (Å²) < 4.78 is 5.23. The summed E-state index contributed by atoms with van der Waals surface area (Å²) >= 11 is 0. The second-order valence-corrected chi connectivity index (χ2v) is 8.87. The minimum Gasteiger partial charge on any atom is -0.361 e. The standard InChI is InChI=1S/C26H31N3O2/c1-17-7-5-8-21(11-17)13-22-12-18(2)27-25(14-22)23-9-6-10-29(16-23)26(30)15-24-19(3)28-31-20(24)4/h5,7-8,11-12,14,23H,6,9-10,13,15-16H2,1-4H3. The zero-order valence-electron chi connectivity index (χ0n) is 18.9. The molecule has 1 aliphatic heterocycles. The molecule has 162 valence electrons. The number of hydrogen-bond acceptors (Lipinski definition) is 4. The van der Waals surface area contributed by atoms with Crippen molar-refractivity contribution in [3.63, 3.8) is 0 Å². The van der Waals surface area contributed by atoms with Gasteiger partial charge in [-0.15, -0.1) is 0 Å². The van der Waals surface area contributed by atoms with E-state index in [9.17, 15) is 4.79 Å². The number of likely N-dealkylation sites (tertiary alicyclic amines) is 1. The van der Waals surface area contributed by atoms with Crippen molar-refractivity contribution in [1.82, 2.24) is 15.0 Å². The molecular weight excluding hydrogens is 386 g/mol. The molecule has 1 fully saturated rings. The molecule has 2 aromatic heterocycles. The van der Waals surface area contributed by atoms with E-state index in [1.807, 2.05) is 18.7 Å². The normalized spacial score (nSPS) is 16.5. The smallest absolute Gasteiger partial charge is 0.227 e. The van der Waals surface area contributed by atoms with Crippen molar-refractivity contribution < 1.29 is 9.32 Å². The first kappa shape index (κ1) is 21.3. The van der Waals surface area contributed by atoms with Gasteiger partial charge in [0.05, 0.1) is 12.1 Å². The van der Waals surface area contributed by atoms with Gasteiger partial charge in [0, 0.05) is 36.0 Å². The summed E-state index contributed by atoms with van der Waals surface area (Å²) in [6, 6.07) is 13.1. The molecule has 1 atom stereocenters. The molecule has 1 aliphatic rings. The van der Waals surface area contributed by atoms with Gasteiger partial charge in [-0.05, 0) is 70.2 Å². The Morgan fingerprint density at radius 1 is 1.13 bits per heavy atom. The lowest BCUT2D eigenvalue weighted by Crippen LogP contribution is -2.40. The summed E-state index contributed by atoms with van der Waals surface area (Å²) in [5.41, 5.74) is 7.76. The third-order valence-corrected chi connectivity index (χ3v) is 6.23. The van der Waals surface area contributed by atoms with Crippen molar-refractivity contribution in [2.24, 2.45) is 0 Å². The van der Waals surface area contributed by atoms with Crippen LogP contribution in [0.3, 0.4) is 0 Å². The number of aryl methyl sites for hydroxylation is 4. The molecule has 1 amide bonds. The minimum absolute atomic E-state index is 0.145. The van der Waals surface area contributed by atoms with Gasteiger partial charge in [-0.25, -0.2) is 0 Å². The number of nitrogens with zero attached hydrogens (tertiary/aromatic N) is 3. The van der Waals surface area contributed by atoms with Crippen LogP contribution < -0.4 is 0 Å². The van der Waals surface area contributed by atoms with Crippen molar-refractivity contribution in [3.05, 3.63) is 81.5 Å². The predicted molar refractivity (Wildman–Crippen MR) is 121 cm³/mol. The van der Waals surface area contributed by atoms with Gasteiger partial charge >= 0.3 is 0 Å². The SMILES string of the molecule is Cc1cccc(Cc2cc(C)nc(C3CCCN(C(=O)Cc4c(C)noc4C)C3)c2)c1. The topological polar surface area (TPSA) is 59.2 Å². The van der Waals surface area contributed by atoms with E-state index in [4.69, 9.17) is 9.51 Å². The van der Waals surface area contributed by atoms with Gasteiger partial charge in [0.2, 0.25) is 5.91 Å². The first-order chi connectivity index (χ1) is 14.9. The van der Waals surface area contributed by atoms with Gasteiger partial charge in [0.15, 0.2) is 0 Å². The number of rotatable bonds is 5. The molecule has 1 saturated heterocycles. The third kappa shape index (κ3) is 5.04. The highest BCUT2D eigenvalue weighted by atomic mass is 16.5. The number of benzene rings is 1. The Hall–Kier alpha value is -2.95. The zero-order chi connectivity index (χ0) is 22.0. The van der Waals surface area contributed by atoms with Crippen LogP contribution in [0.25, 0.3) is 0 Å². The van der Waals surface area contributed by atoms with E-state index < -0.39 is 0 Å². The lowest BCUT2D eigenvalue weighted by atomic mass is 9.92. The van der Waals surface area contributed by atoms with Crippen molar-refractivity contribution in [3.8, 4) is 0 Å². The predicted octanol–water partition coefficient (Wildman–Crippen LogP) is 4.84. The molecule has 3 aromatic rings. The van der Waals surface area contributed by atoms with E-state index in [0.717, 1.165) is 60.8 Å². The van der Waals surface area contributed by atoms with Gasteiger partial charge in [-0.3, -0.25) is 9.78 Å². The van der Waals surface area contributed by atoms with Crippen LogP contribution in [-0.4, -0.2) is 34.0 Å². The molecule has 3 heterocycles. The van der Waals surface area contributed by atoms with Crippen molar-refractivity contribution in [2.75, 3.05) is 13.1 Å². The highest BCUT2D eigenvalue weighted by Crippen LogP contribution is 2.28. The third-order valence-electron chi connectivity index (χ3n) is 6.23. The van der Waals surface area contributed by atoms with E-state index in [1.165, 1.54) is 16.7 Å².